The van der Waals surface area contributed by atoms with Crippen LogP contribution in [0.15, 0.2) is 12.3 Å². The van der Waals surface area contributed by atoms with Crippen molar-refractivity contribution in [3.63, 3.8) is 0 Å². The van der Waals surface area contributed by atoms with Crippen molar-refractivity contribution in [3.8, 4) is 0 Å². The summed E-state index contributed by atoms with van der Waals surface area (Å²) in [4.78, 5) is 14.5. The van der Waals surface area contributed by atoms with Gasteiger partial charge >= 0.3 is 0 Å². The van der Waals surface area contributed by atoms with E-state index in [1.54, 1.807) is 12.3 Å². The van der Waals surface area contributed by atoms with E-state index in [1.165, 1.54) is 0 Å². The molecule has 4 nitrogen and oxygen atoms in total. The Morgan fingerprint density at radius 3 is 2.85 bits per heavy atom. The topological polar surface area (TPSA) is 56.0 Å². The van der Waals surface area contributed by atoms with Gasteiger partial charge in [0.15, 0.2) is 0 Å². The molecule has 1 fully saturated rings. The van der Waals surface area contributed by atoms with Crippen LogP contribution in [0.5, 0.6) is 0 Å². The number of nitrogens with zero attached hydrogens (tertiary/aromatic N) is 2. The van der Waals surface area contributed by atoms with Gasteiger partial charge in [-0.2, -0.15) is 0 Å². The summed E-state index contributed by atoms with van der Waals surface area (Å²) in [6, 6.07) is 1.60. The van der Waals surface area contributed by atoms with Crippen molar-refractivity contribution in [2.24, 2.45) is 0 Å². The standard InChI is InChI=1S/C9H10N2O2/c1-6-4-8(11(12)13)9(10-5-6)7-2-3-7/h4-5,7H,2-3H2,1H3. The molecule has 1 aliphatic rings. The van der Waals surface area contributed by atoms with Crippen molar-refractivity contribution in [1.29, 1.82) is 0 Å². The summed E-state index contributed by atoms with van der Waals surface area (Å²) in [6.45, 7) is 1.82. The number of nitro groups is 1. The smallest absolute Gasteiger partial charge is 0.258 e. The second kappa shape index (κ2) is 2.80. The van der Waals surface area contributed by atoms with Gasteiger partial charge in [0.25, 0.3) is 5.69 Å². The van der Waals surface area contributed by atoms with Crippen molar-refractivity contribution in [2.75, 3.05) is 0 Å². The monoisotopic (exact) mass is 178 g/mol. The molecule has 68 valence electrons. The van der Waals surface area contributed by atoms with Crippen molar-refractivity contribution >= 4 is 5.69 Å². The van der Waals surface area contributed by atoms with Crippen molar-refractivity contribution in [2.45, 2.75) is 25.7 Å². The number of hydrogen-bond donors (Lipinski definition) is 0. The van der Waals surface area contributed by atoms with Crippen LogP contribution in [0, 0.1) is 17.0 Å². The van der Waals surface area contributed by atoms with E-state index in [0.717, 1.165) is 18.4 Å². The summed E-state index contributed by atoms with van der Waals surface area (Å²) in [7, 11) is 0. The lowest BCUT2D eigenvalue weighted by atomic mass is 10.2. The lowest BCUT2D eigenvalue weighted by molar-refractivity contribution is -0.386. The molecule has 1 heterocycles. The van der Waals surface area contributed by atoms with Gasteiger partial charge < -0.3 is 0 Å². The fourth-order valence-corrected chi connectivity index (χ4v) is 1.38. The van der Waals surface area contributed by atoms with Gasteiger partial charge in [0.1, 0.15) is 5.69 Å². The molecule has 0 atom stereocenters. The van der Waals surface area contributed by atoms with Crippen LogP contribution in [0.2, 0.25) is 0 Å². The number of rotatable bonds is 2. The largest absolute Gasteiger partial charge is 0.291 e. The number of aryl methyl sites for hydroxylation is 1. The van der Waals surface area contributed by atoms with E-state index >= 15 is 0 Å². The van der Waals surface area contributed by atoms with Gasteiger partial charge in [-0.15, -0.1) is 0 Å². The first kappa shape index (κ1) is 8.16. The fraction of sp³-hybridized carbons (Fsp3) is 0.444. The molecule has 13 heavy (non-hydrogen) atoms. The van der Waals surface area contributed by atoms with E-state index in [-0.39, 0.29) is 10.6 Å². The van der Waals surface area contributed by atoms with Crippen LogP contribution in [0.1, 0.15) is 30.0 Å². The summed E-state index contributed by atoms with van der Waals surface area (Å²) in [6.07, 6.45) is 3.77. The first-order valence-corrected chi connectivity index (χ1v) is 4.29. The molecular formula is C9H10N2O2. The van der Waals surface area contributed by atoms with E-state index in [1.807, 2.05) is 6.92 Å². The van der Waals surface area contributed by atoms with Crippen molar-refractivity contribution < 1.29 is 4.92 Å². The predicted molar refractivity (Wildman–Crippen MR) is 47.6 cm³/mol. The van der Waals surface area contributed by atoms with Gasteiger partial charge in [-0.25, -0.2) is 0 Å². The molecule has 4 heteroatoms. The Kier molecular flexibility index (Phi) is 1.76. The molecule has 0 unspecified atom stereocenters. The van der Waals surface area contributed by atoms with Crippen LogP contribution in [0.25, 0.3) is 0 Å². The van der Waals surface area contributed by atoms with E-state index in [4.69, 9.17) is 0 Å². The zero-order valence-corrected chi connectivity index (χ0v) is 7.36. The quantitative estimate of drug-likeness (QED) is 0.515. The van der Waals surface area contributed by atoms with Crippen LogP contribution in [0.4, 0.5) is 5.69 Å². The van der Waals surface area contributed by atoms with Crippen molar-refractivity contribution in [1.82, 2.24) is 4.98 Å². The number of hydrogen-bond acceptors (Lipinski definition) is 3. The average molecular weight is 178 g/mol. The maximum Gasteiger partial charge on any atom is 0.291 e. The summed E-state index contributed by atoms with van der Waals surface area (Å²) in [5.41, 5.74) is 1.69. The molecular weight excluding hydrogens is 168 g/mol. The first-order chi connectivity index (χ1) is 6.18. The second-order valence-electron chi connectivity index (χ2n) is 3.45. The molecule has 0 aliphatic heterocycles. The van der Waals surface area contributed by atoms with Crippen LogP contribution in [-0.4, -0.2) is 9.91 Å². The molecule has 1 aromatic heterocycles. The molecule has 0 bridgehead atoms. The summed E-state index contributed by atoms with van der Waals surface area (Å²) >= 11 is 0. The molecule has 0 spiro atoms. The lowest BCUT2D eigenvalue weighted by Crippen LogP contribution is -1.97. The zero-order chi connectivity index (χ0) is 9.42. The van der Waals surface area contributed by atoms with Gasteiger partial charge in [0.2, 0.25) is 0 Å². The molecule has 0 aromatic carbocycles. The van der Waals surface area contributed by atoms with E-state index in [0.29, 0.717) is 11.6 Å². The molecule has 1 saturated carbocycles. The van der Waals surface area contributed by atoms with Crippen LogP contribution < -0.4 is 0 Å². The maximum atomic E-state index is 10.7. The van der Waals surface area contributed by atoms with Gasteiger partial charge in [-0.3, -0.25) is 15.1 Å². The summed E-state index contributed by atoms with van der Waals surface area (Å²) in [5, 5.41) is 10.7. The summed E-state index contributed by atoms with van der Waals surface area (Å²) < 4.78 is 0. The third-order valence-corrected chi connectivity index (χ3v) is 2.19. The van der Waals surface area contributed by atoms with Gasteiger partial charge in [-0.1, -0.05) is 0 Å². The Balaban J connectivity index is 2.47. The van der Waals surface area contributed by atoms with Crippen LogP contribution >= 0.6 is 0 Å². The van der Waals surface area contributed by atoms with E-state index in [2.05, 4.69) is 4.98 Å². The van der Waals surface area contributed by atoms with Gasteiger partial charge in [0.05, 0.1) is 4.92 Å². The molecule has 1 aromatic rings. The molecule has 1 aliphatic carbocycles. The van der Waals surface area contributed by atoms with Gasteiger partial charge in [-0.05, 0) is 25.3 Å². The minimum atomic E-state index is -0.340. The summed E-state index contributed by atoms with van der Waals surface area (Å²) in [5.74, 6) is 0.334. The lowest BCUT2D eigenvalue weighted by Gasteiger charge is -1.99. The number of aromatic nitrogens is 1. The van der Waals surface area contributed by atoms with Crippen LogP contribution in [0.3, 0.4) is 0 Å². The Labute approximate surface area is 75.8 Å². The molecule has 0 radical (unpaired) electrons. The maximum absolute atomic E-state index is 10.7. The zero-order valence-electron chi connectivity index (χ0n) is 7.36. The van der Waals surface area contributed by atoms with E-state index < -0.39 is 0 Å². The Morgan fingerprint density at radius 2 is 2.31 bits per heavy atom. The highest BCUT2D eigenvalue weighted by Gasteiger charge is 2.31. The molecule has 0 saturated heterocycles. The van der Waals surface area contributed by atoms with E-state index in [9.17, 15) is 10.1 Å². The molecule has 0 amide bonds. The third-order valence-electron chi connectivity index (χ3n) is 2.19. The third kappa shape index (κ3) is 1.52. The Hall–Kier alpha value is -1.45. The highest BCUT2D eigenvalue weighted by atomic mass is 16.6. The Morgan fingerprint density at radius 1 is 1.62 bits per heavy atom. The van der Waals surface area contributed by atoms with Crippen LogP contribution in [-0.2, 0) is 0 Å². The minimum absolute atomic E-state index is 0.183. The first-order valence-electron chi connectivity index (χ1n) is 4.29. The average Bonchev–Trinajstić information content (AvgIpc) is 2.87. The fourth-order valence-electron chi connectivity index (χ4n) is 1.38. The molecule has 2 rings (SSSR count). The number of pyridine rings is 1. The normalized spacial score (nSPS) is 15.8. The highest BCUT2D eigenvalue weighted by Crippen LogP contribution is 2.42. The SMILES string of the molecule is Cc1cnc(C2CC2)c([N+](=O)[O-])c1. The minimum Gasteiger partial charge on any atom is -0.258 e. The second-order valence-corrected chi connectivity index (χ2v) is 3.45. The van der Waals surface area contributed by atoms with Crippen molar-refractivity contribution in [3.05, 3.63) is 33.6 Å². The predicted octanol–water partition coefficient (Wildman–Crippen LogP) is 2.18. The highest BCUT2D eigenvalue weighted by molar-refractivity contribution is 5.41. The van der Waals surface area contributed by atoms with Gasteiger partial charge in [0, 0.05) is 18.2 Å². The Bertz CT molecular complexity index is 359. The molecule has 0 N–H and O–H groups in total.